The van der Waals surface area contributed by atoms with Gasteiger partial charge in [0.15, 0.2) is 5.82 Å². The van der Waals surface area contributed by atoms with Gasteiger partial charge < -0.3 is 5.32 Å². The first-order valence-electron chi connectivity index (χ1n) is 5.93. The van der Waals surface area contributed by atoms with Crippen LogP contribution in [0, 0.1) is 16.0 Å². The summed E-state index contributed by atoms with van der Waals surface area (Å²) >= 11 is 0. The molecule has 1 unspecified atom stereocenters. The number of nitro groups is 1. The van der Waals surface area contributed by atoms with E-state index in [1.807, 2.05) is 0 Å². The fraction of sp³-hybridized carbons (Fsp3) is 0.364. The Morgan fingerprint density at radius 2 is 2.35 bits per heavy atom. The normalized spacial score (nSPS) is 12.1. The van der Waals surface area contributed by atoms with Gasteiger partial charge in [0.2, 0.25) is 5.91 Å². The molecule has 0 aliphatic heterocycles. The van der Waals surface area contributed by atoms with Crippen molar-refractivity contribution >= 4 is 17.4 Å². The minimum atomic E-state index is -0.526. The summed E-state index contributed by atoms with van der Waals surface area (Å²) in [7, 11) is 1.75. The molecule has 0 spiro atoms. The molecule has 0 saturated heterocycles. The van der Waals surface area contributed by atoms with Crippen LogP contribution in [0.1, 0.15) is 6.92 Å². The van der Waals surface area contributed by atoms with Gasteiger partial charge in [-0.05, 0) is 0 Å². The third-order valence-electron chi connectivity index (χ3n) is 2.70. The number of aromatic nitrogens is 4. The number of hydrogen-bond acceptors (Lipinski definition) is 5. The zero-order chi connectivity index (χ0) is 14.7. The number of amides is 1. The van der Waals surface area contributed by atoms with E-state index in [1.54, 1.807) is 30.9 Å². The van der Waals surface area contributed by atoms with Crippen LogP contribution in [0.25, 0.3) is 0 Å². The van der Waals surface area contributed by atoms with E-state index in [2.05, 4.69) is 15.5 Å². The lowest BCUT2D eigenvalue weighted by atomic mass is 10.1. The molecule has 1 atom stereocenters. The van der Waals surface area contributed by atoms with Crippen molar-refractivity contribution in [2.24, 2.45) is 13.0 Å². The minimum Gasteiger partial charge on any atom is -0.309 e. The summed E-state index contributed by atoms with van der Waals surface area (Å²) in [6.45, 7) is 1.97. The number of aryl methyl sites for hydroxylation is 1. The number of nitrogens with zero attached hydrogens (tertiary/aromatic N) is 5. The number of rotatable bonds is 5. The molecule has 9 nitrogen and oxygen atoms in total. The van der Waals surface area contributed by atoms with Gasteiger partial charge in [-0.1, -0.05) is 6.92 Å². The minimum absolute atomic E-state index is 0.0951. The number of hydrogen-bond donors (Lipinski definition) is 1. The van der Waals surface area contributed by atoms with Crippen molar-refractivity contribution < 1.29 is 9.72 Å². The van der Waals surface area contributed by atoms with E-state index in [1.165, 1.54) is 10.9 Å². The highest BCUT2D eigenvalue weighted by molar-refractivity contribution is 5.91. The van der Waals surface area contributed by atoms with Crippen LogP contribution in [-0.4, -0.2) is 30.4 Å². The zero-order valence-electron chi connectivity index (χ0n) is 11.1. The fourth-order valence-electron chi connectivity index (χ4n) is 1.64. The molecule has 2 aromatic rings. The smallest absolute Gasteiger partial charge is 0.306 e. The third-order valence-corrected chi connectivity index (χ3v) is 2.70. The predicted molar refractivity (Wildman–Crippen MR) is 69.9 cm³/mol. The monoisotopic (exact) mass is 278 g/mol. The molecule has 0 fully saturated rings. The van der Waals surface area contributed by atoms with Crippen molar-refractivity contribution in [3.8, 4) is 0 Å². The van der Waals surface area contributed by atoms with E-state index in [0.717, 1.165) is 6.20 Å². The number of carbonyl (C=O) groups is 1. The highest BCUT2D eigenvalue weighted by Crippen LogP contribution is 2.11. The molecule has 1 amide bonds. The van der Waals surface area contributed by atoms with Crippen LogP contribution >= 0.6 is 0 Å². The maximum absolute atomic E-state index is 11.9. The molecule has 0 aliphatic carbocycles. The third kappa shape index (κ3) is 3.19. The Labute approximate surface area is 114 Å². The van der Waals surface area contributed by atoms with Crippen LogP contribution in [0.4, 0.5) is 11.5 Å². The molecule has 0 radical (unpaired) electrons. The maximum Gasteiger partial charge on any atom is 0.306 e. The highest BCUT2D eigenvalue weighted by atomic mass is 16.6. The largest absolute Gasteiger partial charge is 0.309 e. The second-order valence-electron chi connectivity index (χ2n) is 4.44. The molecule has 0 bridgehead atoms. The molecular formula is C11H14N6O3. The summed E-state index contributed by atoms with van der Waals surface area (Å²) in [4.78, 5) is 21.9. The Morgan fingerprint density at radius 3 is 2.90 bits per heavy atom. The van der Waals surface area contributed by atoms with Crippen molar-refractivity contribution in [3.05, 3.63) is 34.8 Å². The van der Waals surface area contributed by atoms with E-state index in [0.29, 0.717) is 5.82 Å². The molecule has 9 heteroatoms. The second-order valence-corrected chi connectivity index (χ2v) is 4.44. The molecule has 0 aliphatic rings. The molecular weight excluding hydrogens is 264 g/mol. The summed E-state index contributed by atoms with van der Waals surface area (Å²) < 4.78 is 2.96. The summed E-state index contributed by atoms with van der Waals surface area (Å²) in [6, 6.07) is 1.68. The topological polar surface area (TPSA) is 108 Å². The Morgan fingerprint density at radius 1 is 1.60 bits per heavy atom. The molecule has 1 N–H and O–H groups in total. The van der Waals surface area contributed by atoms with Crippen molar-refractivity contribution in [2.75, 3.05) is 5.32 Å². The van der Waals surface area contributed by atoms with Gasteiger partial charge in [-0.25, -0.2) is 0 Å². The molecule has 2 rings (SSSR count). The van der Waals surface area contributed by atoms with Gasteiger partial charge in [-0.3, -0.25) is 24.3 Å². The lowest BCUT2D eigenvalue weighted by Gasteiger charge is -2.10. The predicted octanol–water partition coefficient (Wildman–Crippen LogP) is 0.800. The second kappa shape index (κ2) is 5.51. The van der Waals surface area contributed by atoms with Gasteiger partial charge in [-0.15, -0.1) is 0 Å². The first-order valence-corrected chi connectivity index (χ1v) is 5.93. The van der Waals surface area contributed by atoms with Crippen LogP contribution < -0.4 is 5.32 Å². The number of anilines is 1. The summed E-state index contributed by atoms with van der Waals surface area (Å²) in [6.07, 6.45) is 4.17. The Hall–Kier alpha value is -2.71. The van der Waals surface area contributed by atoms with Crippen molar-refractivity contribution in [2.45, 2.75) is 13.5 Å². The SMILES string of the molecule is CC(Cn1cc([N+](=O)[O-])cn1)C(=O)Nc1ccn(C)n1. The van der Waals surface area contributed by atoms with Crippen LogP contribution in [-0.2, 0) is 18.4 Å². The van der Waals surface area contributed by atoms with Crippen molar-refractivity contribution in [3.63, 3.8) is 0 Å². The van der Waals surface area contributed by atoms with Crippen LogP contribution in [0.5, 0.6) is 0 Å². The van der Waals surface area contributed by atoms with Gasteiger partial charge in [-0.2, -0.15) is 10.2 Å². The molecule has 0 aromatic carbocycles. The Bertz CT molecular complexity index is 632. The van der Waals surface area contributed by atoms with E-state index < -0.39 is 10.8 Å². The van der Waals surface area contributed by atoms with Gasteiger partial charge >= 0.3 is 5.69 Å². The van der Waals surface area contributed by atoms with E-state index >= 15 is 0 Å². The van der Waals surface area contributed by atoms with Gasteiger partial charge in [0.25, 0.3) is 0 Å². The fourth-order valence-corrected chi connectivity index (χ4v) is 1.64. The van der Waals surface area contributed by atoms with Crippen LogP contribution in [0.15, 0.2) is 24.7 Å². The van der Waals surface area contributed by atoms with Crippen LogP contribution in [0.2, 0.25) is 0 Å². The molecule has 20 heavy (non-hydrogen) atoms. The first kappa shape index (κ1) is 13.7. The van der Waals surface area contributed by atoms with Crippen LogP contribution in [0.3, 0.4) is 0 Å². The Balaban J connectivity index is 1.94. The average Bonchev–Trinajstić information content (AvgIpc) is 2.98. The van der Waals surface area contributed by atoms with E-state index in [4.69, 9.17) is 0 Å². The lowest BCUT2D eigenvalue weighted by Crippen LogP contribution is -2.24. The van der Waals surface area contributed by atoms with Gasteiger partial charge in [0.05, 0.1) is 17.4 Å². The summed E-state index contributed by atoms with van der Waals surface area (Å²) in [5, 5.41) is 21.1. The molecule has 2 heterocycles. The standard InChI is InChI=1S/C11H14N6O3/c1-8(6-16-7-9(5-12-16)17(19)20)11(18)13-10-3-4-15(2)14-10/h3-5,7-8H,6H2,1-2H3,(H,13,14,18). The average molecular weight is 278 g/mol. The van der Waals surface area contributed by atoms with Crippen molar-refractivity contribution in [1.82, 2.24) is 19.6 Å². The van der Waals surface area contributed by atoms with E-state index in [-0.39, 0.29) is 18.1 Å². The zero-order valence-corrected chi connectivity index (χ0v) is 11.1. The van der Waals surface area contributed by atoms with Crippen molar-refractivity contribution in [1.29, 1.82) is 0 Å². The summed E-state index contributed by atoms with van der Waals surface area (Å²) in [5.41, 5.74) is -0.0951. The highest BCUT2D eigenvalue weighted by Gasteiger charge is 2.17. The van der Waals surface area contributed by atoms with Gasteiger partial charge in [0, 0.05) is 19.3 Å². The number of carbonyl (C=O) groups excluding carboxylic acids is 1. The maximum atomic E-state index is 11.9. The molecule has 0 saturated carbocycles. The van der Waals surface area contributed by atoms with E-state index in [9.17, 15) is 14.9 Å². The molecule has 2 aromatic heterocycles. The lowest BCUT2D eigenvalue weighted by molar-refractivity contribution is -0.385. The quantitative estimate of drug-likeness (QED) is 0.642. The number of nitrogens with one attached hydrogen (secondary N) is 1. The van der Waals surface area contributed by atoms with Gasteiger partial charge in [0.1, 0.15) is 12.4 Å². The summed E-state index contributed by atoms with van der Waals surface area (Å²) in [5.74, 6) is -0.144. The molecule has 106 valence electrons. The first-order chi connectivity index (χ1) is 9.45. The Kier molecular flexibility index (Phi) is 3.78.